The van der Waals surface area contributed by atoms with E-state index in [1.54, 1.807) is 52.0 Å². The van der Waals surface area contributed by atoms with Crippen molar-refractivity contribution < 1.29 is 28.7 Å². The number of likely N-dealkylation sites (tertiary alicyclic amines) is 1. The molecule has 0 saturated carbocycles. The summed E-state index contributed by atoms with van der Waals surface area (Å²) in [5.41, 5.74) is -1.27. The maximum atomic E-state index is 13.7. The van der Waals surface area contributed by atoms with Crippen LogP contribution >= 0.6 is 23.2 Å². The summed E-state index contributed by atoms with van der Waals surface area (Å²) in [4.78, 5) is 55.2. The number of esters is 1. The van der Waals surface area contributed by atoms with Crippen molar-refractivity contribution >= 4 is 47.0 Å². The fourth-order valence-corrected chi connectivity index (χ4v) is 5.02. The van der Waals surface area contributed by atoms with Gasteiger partial charge in [-0.05, 0) is 58.4 Å². The zero-order chi connectivity index (χ0) is 26.1. The van der Waals surface area contributed by atoms with Crippen LogP contribution in [0.15, 0.2) is 30.0 Å². The summed E-state index contributed by atoms with van der Waals surface area (Å²) in [5.74, 6) is -2.37. The van der Waals surface area contributed by atoms with Crippen molar-refractivity contribution in [3.63, 3.8) is 0 Å². The van der Waals surface area contributed by atoms with Crippen LogP contribution < -0.4 is 0 Å². The van der Waals surface area contributed by atoms with Gasteiger partial charge in [0.2, 0.25) is 5.91 Å². The molecule has 190 valence electrons. The highest BCUT2D eigenvalue weighted by Gasteiger charge is 2.63. The van der Waals surface area contributed by atoms with Gasteiger partial charge in [-0.25, -0.2) is 4.79 Å². The number of halogens is 2. The summed E-state index contributed by atoms with van der Waals surface area (Å²) in [5, 5.41) is 0.820. The Morgan fingerprint density at radius 1 is 1.20 bits per heavy atom. The lowest BCUT2D eigenvalue weighted by atomic mass is 9.71. The molecule has 2 aliphatic rings. The second kappa shape index (κ2) is 10.2. The molecule has 35 heavy (non-hydrogen) atoms. The number of Topliss-reactive ketones (excluding diaryl/α,β-unsaturated/α-hetero) is 1. The predicted molar refractivity (Wildman–Crippen MR) is 131 cm³/mol. The Hall–Kier alpha value is -2.58. The van der Waals surface area contributed by atoms with E-state index in [4.69, 9.17) is 32.7 Å². The number of nitrogens with zero attached hydrogens (tertiary/aromatic N) is 2. The van der Waals surface area contributed by atoms with Gasteiger partial charge in [0.05, 0.1) is 19.1 Å². The Labute approximate surface area is 215 Å². The third-order valence-electron chi connectivity index (χ3n) is 5.98. The highest BCUT2D eigenvalue weighted by Crippen LogP contribution is 2.51. The number of fused-ring (bicyclic) bond motifs is 1. The Morgan fingerprint density at radius 3 is 2.46 bits per heavy atom. The van der Waals surface area contributed by atoms with Crippen molar-refractivity contribution in [2.24, 2.45) is 11.3 Å². The van der Waals surface area contributed by atoms with Gasteiger partial charge in [-0.15, -0.1) is 0 Å². The molecule has 1 fully saturated rings. The number of carbonyl (C=O) groups excluding carboxylic acids is 4. The zero-order valence-electron chi connectivity index (χ0n) is 20.5. The Morgan fingerprint density at radius 2 is 1.89 bits per heavy atom. The molecule has 0 N–H and O–H groups in total. The molecule has 0 aliphatic carbocycles. The molecule has 1 saturated heterocycles. The first kappa shape index (κ1) is 27.0. The number of amides is 2. The van der Waals surface area contributed by atoms with E-state index < -0.39 is 34.9 Å². The fourth-order valence-electron chi connectivity index (χ4n) is 4.55. The maximum absolute atomic E-state index is 13.7. The summed E-state index contributed by atoms with van der Waals surface area (Å²) in [6, 6.07) is 4.94. The molecule has 2 atom stereocenters. The normalized spacial score (nSPS) is 22.0. The number of carbonyl (C=O) groups is 4. The fraction of sp³-hybridized carbons (Fsp3) is 0.520. The quantitative estimate of drug-likeness (QED) is 0.504. The molecule has 2 aliphatic heterocycles. The predicted octanol–water partition coefficient (Wildman–Crippen LogP) is 4.62. The van der Waals surface area contributed by atoms with Crippen LogP contribution in [0.4, 0.5) is 4.79 Å². The first-order valence-corrected chi connectivity index (χ1v) is 12.2. The zero-order valence-corrected chi connectivity index (χ0v) is 22.0. The second-order valence-corrected chi connectivity index (χ2v) is 10.6. The van der Waals surface area contributed by atoms with E-state index in [-0.39, 0.29) is 38.4 Å². The smallest absolute Gasteiger partial charge is 0.410 e. The average molecular weight is 525 g/mol. The van der Waals surface area contributed by atoms with Crippen molar-refractivity contribution in [3.05, 3.63) is 45.6 Å². The average Bonchev–Trinajstić information content (AvgIpc) is 2.97. The molecule has 0 aromatic heterocycles. The van der Waals surface area contributed by atoms with Gasteiger partial charge in [-0.3, -0.25) is 9.59 Å². The number of benzene rings is 1. The van der Waals surface area contributed by atoms with E-state index in [1.165, 1.54) is 16.7 Å². The number of ether oxygens (including phenoxy) is 2. The largest absolute Gasteiger partial charge is 0.465 e. The lowest BCUT2D eigenvalue weighted by Gasteiger charge is -2.40. The third-order valence-corrected chi connectivity index (χ3v) is 6.57. The van der Waals surface area contributed by atoms with Gasteiger partial charge in [0.1, 0.15) is 16.8 Å². The standard InChI is InChI=1S/C25H30Cl2N2O6/c1-6-34-22(32)25-14-28(23(33)35-24(3,4)5)10-9-20(25)29(21(31)18(25)11-15(2)30)13-16-7-8-17(26)12-19(16)27/h7-9,12,18H,6,10-11,13-14H2,1-5H3/t18-,25-/m1/s1. The number of ketones is 1. The van der Waals surface area contributed by atoms with E-state index in [2.05, 4.69) is 0 Å². The van der Waals surface area contributed by atoms with Gasteiger partial charge < -0.3 is 24.1 Å². The Bertz CT molecular complexity index is 1080. The molecule has 0 spiro atoms. The molecule has 10 heteroatoms. The van der Waals surface area contributed by atoms with Crippen molar-refractivity contribution in [1.29, 1.82) is 0 Å². The molecule has 2 heterocycles. The van der Waals surface area contributed by atoms with Gasteiger partial charge in [0.15, 0.2) is 0 Å². The minimum absolute atomic E-state index is 0.0721. The summed E-state index contributed by atoms with van der Waals surface area (Å²) < 4.78 is 10.9. The SMILES string of the molecule is CCOC(=O)[C@@]12CN(C(=O)OC(C)(C)C)CC=C1N(Cc1ccc(Cl)cc1Cl)C(=O)[C@H]2CC(C)=O. The minimum atomic E-state index is -1.55. The molecule has 0 unspecified atom stereocenters. The number of hydrogen-bond acceptors (Lipinski definition) is 6. The van der Waals surface area contributed by atoms with Crippen LogP contribution in [0.1, 0.15) is 46.6 Å². The van der Waals surface area contributed by atoms with Crippen LogP contribution in [0.25, 0.3) is 0 Å². The van der Waals surface area contributed by atoms with Gasteiger partial charge >= 0.3 is 12.1 Å². The lowest BCUT2D eigenvalue weighted by molar-refractivity contribution is -0.158. The van der Waals surface area contributed by atoms with Crippen LogP contribution in [0.3, 0.4) is 0 Å². The molecule has 1 aromatic carbocycles. The van der Waals surface area contributed by atoms with E-state index in [0.717, 1.165) is 0 Å². The topological polar surface area (TPSA) is 93.2 Å². The molecule has 0 bridgehead atoms. The monoisotopic (exact) mass is 524 g/mol. The number of hydrogen-bond donors (Lipinski definition) is 0. The summed E-state index contributed by atoms with van der Waals surface area (Å²) >= 11 is 12.4. The molecule has 1 aromatic rings. The molecule has 8 nitrogen and oxygen atoms in total. The Balaban J connectivity index is 2.11. The lowest BCUT2D eigenvalue weighted by Crippen LogP contribution is -2.54. The molecular weight excluding hydrogens is 495 g/mol. The van der Waals surface area contributed by atoms with Crippen LogP contribution in [0.2, 0.25) is 10.0 Å². The van der Waals surface area contributed by atoms with Crippen molar-refractivity contribution in [2.45, 2.75) is 53.2 Å². The first-order chi connectivity index (χ1) is 16.3. The highest BCUT2D eigenvalue weighted by molar-refractivity contribution is 6.35. The molecular formula is C25H30Cl2N2O6. The maximum Gasteiger partial charge on any atom is 0.410 e. The summed E-state index contributed by atoms with van der Waals surface area (Å²) in [6.45, 7) is 8.37. The van der Waals surface area contributed by atoms with Crippen molar-refractivity contribution in [1.82, 2.24) is 9.80 Å². The van der Waals surface area contributed by atoms with Gasteiger partial charge in [0.25, 0.3) is 0 Å². The van der Waals surface area contributed by atoms with Crippen molar-refractivity contribution in [3.8, 4) is 0 Å². The highest BCUT2D eigenvalue weighted by atomic mass is 35.5. The van der Waals surface area contributed by atoms with E-state index in [9.17, 15) is 19.2 Å². The minimum Gasteiger partial charge on any atom is -0.465 e. The summed E-state index contributed by atoms with van der Waals surface area (Å²) in [7, 11) is 0. The van der Waals surface area contributed by atoms with E-state index in [0.29, 0.717) is 21.3 Å². The van der Waals surface area contributed by atoms with E-state index >= 15 is 0 Å². The van der Waals surface area contributed by atoms with Gasteiger partial charge in [0, 0.05) is 35.3 Å². The molecule has 2 amide bonds. The van der Waals surface area contributed by atoms with Crippen LogP contribution in [0.5, 0.6) is 0 Å². The first-order valence-electron chi connectivity index (χ1n) is 11.4. The van der Waals surface area contributed by atoms with Gasteiger partial charge in [-0.1, -0.05) is 29.3 Å². The Kier molecular flexibility index (Phi) is 7.86. The number of rotatable bonds is 6. The van der Waals surface area contributed by atoms with Crippen LogP contribution in [0, 0.1) is 11.3 Å². The molecule has 0 radical (unpaired) electrons. The summed E-state index contributed by atoms with van der Waals surface area (Å²) in [6.07, 6.45) is 0.860. The third kappa shape index (κ3) is 5.48. The van der Waals surface area contributed by atoms with E-state index in [1.807, 2.05) is 0 Å². The van der Waals surface area contributed by atoms with Crippen molar-refractivity contribution in [2.75, 3.05) is 19.7 Å². The van der Waals surface area contributed by atoms with Gasteiger partial charge in [-0.2, -0.15) is 0 Å². The second-order valence-electron chi connectivity index (χ2n) is 9.76. The van der Waals surface area contributed by atoms with Crippen LogP contribution in [-0.2, 0) is 30.4 Å². The van der Waals surface area contributed by atoms with Crippen LogP contribution in [-0.4, -0.2) is 58.9 Å². The molecule has 3 rings (SSSR count).